The van der Waals surface area contributed by atoms with E-state index < -0.39 is 0 Å². The van der Waals surface area contributed by atoms with Crippen LogP contribution in [0.5, 0.6) is 0 Å². The fourth-order valence-electron chi connectivity index (χ4n) is 1.49. The molecule has 0 bridgehead atoms. The predicted octanol–water partition coefficient (Wildman–Crippen LogP) is 0.597. The van der Waals surface area contributed by atoms with Crippen molar-refractivity contribution in [2.75, 3.05) is 26.2 Å². The van der Waals surface area contributed by atoms with Crippen molar-refractivity contribution in [1.82, 2.24) is 20.2 Å². The summed E-state index contributed by atoms with van der Waals surface area (Å²) in [6.07, 6.45) is 2.77. The van der Waals surface area contributed by atoms with Gasteiger partial charge in [0.1, 0.15) is 12.0 Å². The van der Waals surface area contributed by atoms with Crippen molar-refractivity contribution in [3.05, 3.63) is 23.2 Å². The molecular formula is C9H12Cl2N4O. The van der Waals surface area contributed by atoms with Crippen molar-refractivity contribution in [3.8, 4) is 0 Å². The first kappa shape index (κ1) is 13.2. The molecule has 88 valence electrons. The third-order valence-electron chi connectivity index (χ3n) is 2.27. The molecule has 1 N–H and O–H groups in total. The van der Waals surface area contributed by atoms with Gasteiger partial charge in [-0.25, -0.2) is 9.97 Å². The van der Waals surface area contributed by atoms with Gasteiger partial charge in [-0.15, -0.1) is 12.4 Å². The highest BCUT2D eigenvalue weighted by molar-refractivity contribution is 6.33. The van der Waals surface area contributed by atoms with E-state index in [1.165, 1.54) is 12.5 Å². The molecule has 16 heavy (non-hydrogen) atoms. The molecule has 1 saturated heterocycles. The van der Waals surface area contributed by atoms with E-state index in [2.05, 4.69) is 15.3 Å². The molecule has 0 aliphatic carbocycles. The first-order chi connectivity index (χ1) is 7.29. The molecule has 0 saturated carbocycles. The summed E-state index contributed by atoms with van der Waals surface area (Å²) < 4.78 is 0. The molecule has 1 aliphatic rings. The van der Waals surface area contributed by atoms with Gasteiger partial charge in [-0.1, -0.05) is 11.6 Å². The van der Waals surface area contributed by atoms with Gasteiger partial charge >= 0.3 is 0 Å². The summed E-state index contributed by atoms with van der Waals surface area (Å²) in [5, 5.41) is 3.48. The molecule has 1 aliphatic heterocycles. The lowest BCUT2D eigenvalue weighted by atomic mass is 10.3. The molecule has 5 nitrogen and oxygen atoms in total. The maximum absolute atomic E-state index is 11.9. The standard InChI is InChI=1S/C9H11ClN4O.ClH/c10-7-5-12-6-13-8(7)9(15)14-3-1-11-2-4-14;/h5-6,11H,1-4H2;1H. The number of piperazine rings is 1. The van der Waals surface area contributed by atoms with Crippen LogP contribution in [-0.2, 0) is 0 Å². The van der Waals surface area contributed by atoms with E-state index in [-0.39, 0.29) is 24.0 Å². The van der Waals surface area contributed by atoms with Crippen LogP contribution in [0, 0.1) is 0 Å². The predicted molar refractivity (Wildman–Crippen MR) is 63.1 cm³/mol. The van der Waals surface area contributed by atoms with Crippen molar-refractivity contribution in [3.63, 3.8) is 0 Å². The minimum Gasteiger partial charge on any atom is -0.335 e. The third kappa shape index (κ3) is 2.81. The summed E-state index contributed by atoms with van der Waals surface area (Å²) in [4.78, 5) is 21.3. The van der Waals surface area contributed by atoms with Gasteiger partial charge in [0.2, 0.25) is 0 Å². The lowest BCUT2D eigenvalue weighted by molar-refractivity contribution is 0.0730. The van der Waals surface area contributed by atoms with Gasteiger partial charge < -0.3 is 10.2 Å². The van der Waals surface area contributed by atoms with Crippen LogP contribution in [0.4, 0.5) is 0 Å². The maximum atomic E-state index is 11.9. The van der Waals surface area contributed by atoms with Crippen LogP contribution in [0.3, 0.4) is 0 Å². The van der Waals surface area contributed by atoms with E-state index in [9.17, 15) is 4.79 Å². The van der Waals surface area contributed by atoms with Gasteiger partial charge in [0.15, 0.2) is 0 Å². The van der Waals surface area contributed by atoms with Crippen LogP contribution in [0.15, 0.2) is 12.5 Å². The van der Waals surface area contributed by atoms with Crippen LogP contribution in [0.1, 0.15) is 10.5 Å². The zero-order valence-corrected chi connectivity index (χ0v) is 10.1. The van der Waals surface area contributed by atoms with E-state index in [1.807, 2.05) is 0 Å². The van der Waals surface area contributed by atoms with E-state index in [4.69, 9.17) is 11.6 Å². The Balaban J connectivity index is 0.00000128. The number of halogens is 2. The number of nitrogens with zero attached hydrogens (tertiary/aromatic N) is 3. The molecular weight excluding hydrogens is 251 g/mol. The number of hydrogen-bond donors (Lipinski definition) is 1. The number of carbonyl (C=O) groups is 1. The Hall–Kier alpha value is -0.910. The number of carbonyl (C=O) groups excluding carboxylic acids is 1. The van der Waals surface area contributed by atoms with Gasteiger partial charge in [0.05, 0.1) is 5.02 Å². The van der Waals surface area contributed by atoms with Crippen molar-refractivity contribution < 1.29 is 4.79 Å². The molecule has 0 aromatic carbocycles. The van der Waals surface area contributed by atoms with Crippen LogP contribution in [-0.4, -0.2) is 47.0 Å². The first-order valence-corrected chi connectivity index (χ1v) is 5.12. The number of aromatic nitrogens is 2. The summed E-state index contributed by atoms with van der Waals surface area (Å²) in [6, 6.07) is 0. The average Bonchev–Trinajstić information content (AvgIpc) is 2.30. The Morgan fingerprint density at radius 2 is 2.12 bits per heavy atom. The van der Waals surface area contributed by atoms with Crippen molar-refractivity contribution in [1.29, 1.82) is 0 Å². The SMILES string of the molecule is Cl.O=C(c1ncncc1Cl)N1CCNCC1. The summed E-state index contributed by atoms with van der Waals surface area (Å²) >= 11 is 5.85. The highest BCUT2D eigenvalue weighted by atomic mass is 35.5. The second kappa shape index (κ2) is 5.98. The molecule has 1 fully saturated rings. The molecule has 0 spiro atoms. The Morgan fingerprint density at radius 3 is 2.75 bits per heavy atom. The third-order valence-corrected chi connectivity index (χ3v) is 2.55. The zero-order chi connectivity index (χ0) is 10.7. The fourth-order valence-corrected chi connectivity index (χ4v) is 1.67. The minimum atomic E-state index is -0.121. The Bertz CT molecular complexity index is 368. The number of nitrogens with one attached hydrogen (secondary N) is 1. The van der Waals surface area contributed by atoms with Gasteiger partial charge in [-0.3, -0.25) is 4.79 Å². The minimum absolute atomic E-state index is 0. The average molecular weight is 263 g/mol. The highest BCUT2D eigenvalue weighted by Crippen LogP contribution is 2.13. The highest BCUT2D eigenvalue weighted by Gasteiger charge is 2.21. The smallest absolute Gasteiger partial charge is 0.274 e. The topological polar surface area (TPSA) is 58.1 Å². The van der Waals surface area contributed by atoms with Gasteiger partial charge in [0.25, 0.3) is 5.91 Å². The Morgan fingerprint density at radius 1 is 1.44 bits per heavy atom. The molecule has 2 heterocycles. The van der Waals surface area contributed by atoms with Gasteiger partial charge in [-0.05, 0) is 0 Å². The summed E-state index contributed by atoms with van der Waals surface area (Å²) in [6.45, 7) is 3.02. The van der Waals surface area contributed by atoms with Crippen molar-refractivity contribution >= 4 is 29.9 Å². The monoisotopic (exact) mass is 262 g/mol. The summed E-state index contributed by atoms with van der Waals surface area (Å²) in [7, 11) is 0. The molecule has 0 atom stereocenters. The van der Waals surface area contributed by atoms with Gasteiger partial charge in [-0.2, -0.15) is 0 Å². The van der Waals surface area contributed by atoms with E-state index in [1.54, 1.807) is 4.90 Å². The van der Waals surface area contributed by atoms with Crippen molar-refractivity contribution in [2.24, 2.45) is 0 Å². The van der Waals surface area contributed by atoms with Crippen LogP contribution >= 0.6 is 24.0 Å². The normalized spacial score (nSPS) is 15.4. The van der Waals surface area contributed by atoms with Gasteiger partial charge in [0, 0.05) is 32.4 Å². The van der Waals surface area contributed by atoms with Crippen LogP contribution in [0.25, 0.3) is 0 Å². The van der Waals surface area contributed by atoms with E-state index >= 15 is 0 Å². The number of amides is 1. The Labute approximate surface area is 105 Å². The second-order valence-corrected chi connectivity index (χ2v) is 3.67. The fraction of sp³-hybridized carbons (Fsp3) is 0.444. The summed E-state index contributed by atoms with van der Waals surface area (Å²) in [5.41, 5.74) is 0.286. The summed E-state index contributed by atoms with van der Waals surface area (Å²) in [5.74, 6) is -0.121. The van der Waals surface area contributed by atoms with Crippen molar-refractivity contribution in [2.45, 2.75) is 0 Å². The molecule has 1 amide bonds. The first-order valence-electron chi connectivity index (χ1n) is 4.74. The largest absolute Gasteiger partial charge is 0.335 e. The lowest BCUT2D eigenvalue weighted by Gasteiger charge is -2.27. The van der Waals surface area contributed by atoms with E-state index in [0.717, 1.165) is 13.1 Å². The lowest BCUT2D eigenvalue weighted by Crippen LogP contribution is -2.46. The maximum Gasteiger partial charge on any atom is 0.274 e. The Kier molecular flexibility index (Phi) is 4.92. The van der Waals surface area contributed by atoms with Crippen LogP contribution < -0.4 is 5.32 Å². The molecule has 0 unspecified atom stereocenters. The number of rotatable bonds is 1. The second-order valence-electron chi connectivity index (χ2n) is 3.26. The van der Waals surface area contributed by atoms with Crippen LogP contribution in [0.2, 0.25) is 5.02 Å². The quantitative estimate of drug-likeness (QED) is 0.806. The number of hydrogen-bond acceptors (Lipinski definition) is 4. The molecule has 0 radical (unpaired) electrons. The molecule has 2 rings (SSSR count). The van der Waals surface area contributed by atoms with E-state index in [0.29, 0.717) is 18.1 Å². The molecule has 7 heteroatoms. The molecule has 1 aromatic heterocycles. The molecule has 1 aromatic rings. The zero-order valence-electron chi connectivity index (χ0n) is 8.52.